The number of hydrogen-bond acceptors (Lipinski definition) is 6. The van der Waals surface area contributed by atoms with E-state index in [2.05, 4.69) is 27.9 Å². The van der Waals surface area contributed by atoms with E-state index in [0.29, 0.717) is 24.1 Å². The number of anilines is 1. The number of aromatic nitrogens is 1. The molecule has 2 heterocycles. The average molecular weight is 472 g/mol. The van der Waals surface area contributed by atoms with Gasteiger partial charge < -0.3 is 14.8 Å². The van der Waals surface area contributed by atoms with Crippen molar-refractivity contribution in [1.82, 2.24) is 10.5 Å². The number of pyridine rings is 1. The minimum Gasteiger partial charge on any atom is -0.371 e. The number of amides is 1. The molecule has 1 saturated heterocycles. The molecule has 176 valence electrons. The summed E-state index contributed by atoms with van der Waals surface area (Å²) in [5, 5.41) is 3.94. The lowest BCUT2D eigenvalue weighted by atomic mass is 10.2. The van der Waals surface area contributed by atoms with Crippen LogP contribution < -0.4 is 10.8 Å². The first-order valence-electron chi connectivity index (χ1n) is 11.5. The van der Waals surface area contributed by atoms with Gasteiger partial charge in [0.2, 0.25) is 0 Å². The summed E-state index contributed by atoms with van der Waals surface area (Å²) >= 11 is 6.47. The SMILES string of the molecule is O=C(C=Cc1cnc(N[C@@H]2CCC[C@H]2OCc2ccccc2)c(Cl)c1)NOC1CCCCO1. The second kappa shape index (κ2) is 12.1. The zero-order valence-electron chi connectivity index (χ0n) is 18.5. The number of nitrogens with zero attached hydrogens (tertiary/aromatic N) is 1. The first kappa shape index (κ1) is 23.7. The highest BCUT2D eigenvalue weighted by Gasteiger charge is 2.28. The third-order valence-corrected chi connectivity index (χ3v) is 6.09. The van der Waals surface area contributed by atoms with Gasteiger partial charge in [0, 0.05) is 25.3 Å². The predicted octanol–water partition coefficient (Wildman–Crippen LogP) is 4.87. The highest BCUT2D eigenvalue weighted by Crippen LogP contribution is 2.29. The summed E-state index contributed by atoms with van der Waals surface area (Å²) in [6.07, 6.45) is 10.4. The number of ether oxygens (including phenoxy) is 2. The Morgan fingerprint density at radius 1 is 1.18 bits per heavy atom. The summed E-state index contributed by atoms with van der Waals surface area (Å²) < 4.78 is 11.6. The Hall–Kier alpha value is -2.45. The van der Waals surface area contributed by atoms with Crippen molar-refractivity contribution >= 4 is 29.4 Å². The van der Waals surface area contributed by atoms with Crippen LogP contribution in [0.4, 0.5) is 5.82 Å². The number of halogens is 1. The number of nitrogens with one attached hydrogen (secondary N) is 2. The molecule has 7 nitrogen and oxygen atoms in total. The molecule has 0 bridgehead atoms. The highest BCUT2D eigenvalue weighted by molar-refractivity contribution is 6.33. The summed E-state index contributed by atoms with van der Waals surface area (Å²) in [7, 11) is 0. The normalized spacial score (nSPS) is 23.0. The van der Waals surface area contributed by atoms with E-state index in [0.717, 1.165) is 49.7 Å². The van der Waals surface area contributed by atoms with E-state index in [9.17, 15) is 4.79 Å². The molecule has 2 fully saturated rings. The Morgan fingerprint density at radius 3 is 2.85 bits per heavy atom. The average Bonchev–Trinajstić information content (AvgIpc) is 3.30. The molecule has 1 saturated carbocycles. The summed E-state index contributed by atoms with van der Waals surface area (Å²) in [5.74, 6) is 0.253. The number of hydrogen-bond donors (Lipinski definition) is 2. The van der Waals surface area contributed by atoms with Gasteiger partial charge in [0.05, 0.1) is 23.8 Å². The van der Waals surface area contributed by atoms with E-state index in [1.807, 2.05) is 18.2 Å². The quantitative estimate of drug-likeness (QED) is 0.401. The van der Waals surface area contributed by atoms with Crippen molar-refractivity contribution < 1.29 is 19.1 Å². The maximum Gasteiger partial charge on any atom is 0.267 e. The Balaban J connectivity index is 1.26. The van der Waals surface area contributed by atoms with Crippen LogP contribution in [0, 0.1) is 0 Å². The van der Waals surface area contributed by atoms with E-state index >= 15 is 0 Å². The van der Waals surface area contributed by atoms with Crippen LogP contribution in [-0.4, -0.2) is 35.9 Å². The van der Waals surface area contributed by atoms with Gasteiger partial charge >= 0.3 is 0 Å². The zero-order chi connectivity index (χ0) is 22.9. The molecule has 1 aliphatic heterocycles. The number of hydroxylamine groups is 1. The Kier molecular flexibility index (Phi) is 8.72. The van der Waals surface area contributed by atoms with Crippen LogP contribution >= 0.6 is 11.6 Å². The van der Waals surface area contributed by atoms with Gasteiger partial charge in [-0.2, -0.15) is 0 Å². The van der Waals surface area contributed by atoms with Crippen molar-refractivity contribution in [1.29, 1.82) is 0 Å². The van der Waals surface area contributed by atoms with Crippen molar-refractivity contribution in [2.45, 2.75) is 63.6 Å². The van der Waals surface area contributed by atoms with E-state index < -0.39 is 0 Å². The molecule has 3 atom stereocenters. The van der Waals surface area contributed by atoms with Gasteiger partial charge in [0.15, 0.2) is 6.29 Å². The van der Waals surface area contributed by atoms with E-state index in [-0.39, 0.29) is 24.3 Å². The molecule has 1 aromatic heterocycles. The van der Waals surface area contributed by atoms with Crippen LogP contribution in [0.3, 0.4) is 0 Å². The number of benzene rings is 1. The van der Waals surface area contributed by atoms with Crippen LogP contribution in [-0.2, 0) is 25.7 Å². The molecule has 4 rings (SSSR count). The van der Waals surface area contributed by atoms with Crippen molar-refractivity contribution in [2.24, 2.45) is 0 Å². The van der Waals surface area contributed by atoms with Crippen molar-refractivity contribution in [3.63, 3.8) is 0 Å². The van der Waals surface area contributed by atoms with E-state index in [1.165, 1.54) is 6.08 Å². The smallest absolute Gasteiger partial charge is 0.267 e. The molecule has 2 N–H and O–H groups in total. The number of rotatable bonds is 9. The van der Waals surface area contributed by atoms with Crippen LogP contribution in [0.25, 0.3) is 6.08 Å². The molecule has 1 aliphatic carbocycles. The Bertz CT molecular complexity index is 935. The van der Waals surface area contributed by atoms with Crippen LogP contribution in [0.1, 0.15) is 49.7 Å². The van der Waals surface area contributed by atoms with Crippen molar-refractivity contribution in [2.75, 3.05) is 11.9 Å². The van der Waals surface area contributed by atoms with Gasteiger partial charge in [0.1, 0.15) is 5.82 Å². The number of carbonyl (C=O) groups excluding carboxylic acids is 1. The lowest BCUT2D eigenvalue weighted by Crippen LogP contribution is -2.32. The topological polar surface area (TPSA) is 81.7 Å². The summed E-state index contributed by atoms with van der Waals surface area (Å²) in [6, 6.07) is 12.1. The van der Waals surface area contributed by atoms with Gasteiger partial charge in [-0.25, -0.2) is 15.3 Å². The minimum absolute atomic E-state index is 0.111. The van der Waals surface area contributed by atoms with Crippen LogP contribution in [0.5, 0.6) is 0 Å². The first-order chi connectivity index (χ1) is 16.2. The van der Waals surface area contributed by atoms with Crippen LogP contribution in [0.2, 0.25) is 5.02 Å². The molecule has 2 aliphatic rings. The lowest BCUT2D eigenvalue weighted by molar-refractivity contribution is -0.198. The molecular weight excluding hydrogens is 442 g/mol. The summed E-state index contributed by atoms with van der Waals surface area (Å²) in [6.45, 7) is 1.24. The zero-order valence-corrected chi connectivity index (χ0v) is 19.3. The van der Waals surface area contributed by atoms with Gasteiger partial charge in [-0.05, 0) is 55.4 Å². The highest BCUT2D eigenvalue weighted by atomic mass is 35.5. The van der Waals surface area contributed by atoms with Crippen molar-refractivity contribution in [3.05, 3.63) is 64.8 Å². The van der Waals surface area contributed by atoms with Crippen LogP contribution in [0.15, 0.2) is 48.7 Å². The maximum atomic E-state index is 12.0. The number of carbonyl (C=O) groups is 1. The fourth-order valence-electron chi connectivity index (χ4n) is 4.03. The molecule has 1 aromatic carbocycles. The molecular formula is C25H30ClN3O4. The second-order valence-corrected chi connectivity index (χ2v) is 8.74. The second-order valence-electron chi connectivity index (χ2n) is 8.33. The van der Waals surface area contributed by atoms with E-state index in [1.54, 1.807) is 18.3 Å². The fraction of sp³-hybridized carbons (Fsp3) is 0.440. The molecule has 0 spiro atoms. The third kappa shape index (κ3) is 7.27. The predicted molar refractivity (Wildman–Crippen MR) is 127 cm³/mol. The van der Waals surface area contributed by atoms with Gasteiger partial charge in [-0.3, -0.25) is 4.79 Å². The van der Waals surface area contributed by atoms with Crippen molar-refractivity contribution in [3.8, 4) is 0 Å². The largest absolute Gasteiger partial charge is 0.371 e. The lowest BCUT2D eigenvalue weighted by Gasteiger charge is -2.22. The molecule has 2 aromatic rings. The summed E-state index contributed by atoms with van der Waals surface area (Å²) in [4.78, 5) is 21.7. The van der Waals surface area contributed by atoms with Gasteiger partial charge in [0.25, 0.3) is 5.91 Å². The molecule has 1 amide bonds. The Morgan fingerprint density at radius 2 is 2.06 bits per heavy atom. The van der Waals surface area contributed by atoms with E-state index in [4.69, 9.17) is 25.9 Å². The first-order valence-corrected chi connectivity index (χ1v) is 11.9. The Labute approximate surface area is 199 Å². The minimum atomic E-state index is -0.381. The molecule has 0 radical (unpaired) electrons. The fourth-order valence-corrected chi connectivity index (χ4v) is 4.26. The maximum absolute atomic E-state index is 12.0. The molecule has 1 unspecified atom stereocenters. The molecule has 8 heteroatoms. The molecule has 33 heavy (non-hydrogen) atoms. The van der Waals surface area contributed by atoms with Gasteiger partial charge in [-0.15, -0.1) is 0 Å². The summed E-state index contributed by atoms with van der Waals surface area (Å²) in [5.41, 5.74) is 4.28. The standard InChI is InChI=1S/C25H30ClN3O4/c26-20-15-19(12-13-23(30)29-33-24-11-4-5-14-31-24)16-27-25(20)28-21-9-6-10-22(21)32-17-18-7-2-1-3-8-18/h1-3,7-8,12-13,15-16,21-22,24H,4-6,9-11,14,17H2,(H,27,28)(H,29,30)/t21-,22-,24?/m1/s1. The van der Waals surface area contributed by atoms with Gasteiger partial charge in [-0.1, -0.05) is 41.9 Å². The third-order valence-electron chi connectivity index (χ3n) is 5.80. The monoisotopic (exact) mass is 471 g/mol.